The zero-order chi connectivity index (χ0) is 22.0. The van der Waals surface area contributed by atoms with Crippen LogP contribution in [-0.2, 0) is 0 Å². The van der Waals surface area contributed by atoms with Crippen LogP contribution in [0.3, 0.4) is 0 Å². The number of carboxylic acids is 1. The lowest BCUT2D eigenvalue weighted by Crippen LogP contribution is -2.39. The third kappa shape index (κ3) is 4.94. The van der Waals surface area contributed by atoms with Crippen molar-refractivity contribution >= 4 is 23.2 Å². The number of carboxylic acid groups (broad SMARTS) is 1. The smallest absolute Gasteiger partial charge is 0.335 e. The summed E-state index contributed by atoms with van der Waals surface area (Å²) in [6.45, 7) is 3.71. The van der Waals surface area contributed by atoms with Crippen LogP contribution in [0.2, 0.25) is 0 Å². The normalized spacial score (nSPS) is 15.2. The van der Waals surface area contributed by atoms with Gasteiger partial charge in [0.1, 0.15) is 16.7 Å². The first kappa shape index (κ1) is 21.1. The van der Waals surface area contributed by atoms with E-state index in [9.17, 15) is 9.59 Å². The quantitative estimate of drug-likeness (QED) is 0.521. The van der Waals surface area contributed by atoms with E-state index in [0.29, 0.717) is 22.2 Å². The lowest BCUT2D eigenvalue weighted by atomic mass is 10.00. The molecule has 160 valence electrons. The average Bonchev–Trinajstić information content (AvgIpc) is 3.52. The number of rotatable bonds is 8. The van der Waals surface area contributed by atoms with Crippen molar-refractivity contribution in [3.63, 3.8) is 0 Å². The Morgan fingerprint density at radius 3 is 2.35 bits per heavy atom. The predicted molar refractivity (Wildman–Crippen MR) is 119 cm³/mol. The van der Waals surface area contributed by atoms with Gasteiger partial charge in [-0.05, 0) is 68.0 Å². The molecule has 0 spiro atoms. The summed E-state index contributed by atoms with van der Waals surface area (Å²) in [5.74, 6) is 0.0241. The SMILES string of the molecule is Cc1ncsc1C(=O)N[C@@H](C)[C@H](Oc1ccc(C(=O)O)cc1)c1ccc(C2CC2)cc1. The standard InChI is InChI=1S/C24H24N2O4S/c1-14(26-23(27)22-15(2)25-13-31-22)21(18-7-5-17(6-8-18)16-3-4-16)30-20-11-9-19(10-12-20)24(28)29/h5-14,16,21H,3-4H2,1-2H3,(H,26,27)(H,28,29)/t14-,21-/m0/s1. The van der Waals surface area contributed by atoms with Gasteiger partial charge in [-0.2, -0.15) is 0 Å². The maximum absolute atomic E-state index is 12.7. The van der Waals surface area contributed by atoms with Gasteiger partial charge in [-0.25, -0.2) is 9.78 Å². The fourth-order valence-corrected chi connectivity index (χ4v) is 4.23. The first-order valence-electron chi connectivity index (χ1n) is 10.2. The molecule has 1 saturated carbocycles. The van der Waals surface area contributed by atoms with Gasteiger partial charge in [0, 0.05) is 0 Å². The zero-order valence-corrected chi connectivity index (χ0v) is 18.2. The summed E-state index contributed by atoms with van der Waals surface area (Å²) in [5.41, 5.74) is 4.82. The molecule has 3 aromatic rings. The summed E-state index contributed by atoms with van der Waals surface area (Å²) in [4.78, 5) is 28.6. The molecule has 0 saturated heterocycles. The van der Waals surface area contributed by atoms with Crippen molar-refractivity contribution in [2.75, 3.05) is 0 Å². The Kier molecular flexibility index (Phi) is 6.04. The summed E-state index contributed by atoms with van der Waals surface area (Å²) in [6.07, 6.45) is 2.02. The molecular formula is C24H24N2O4S. The minimum absolute atomic E-state index is 0.183. The number of aromatic carboxylic acids is 1. The van der Waals surface area contributed by atoms with Crippen LogP contribution in [0.25, 0.3) is 0 Å². The second kappa shape index (κ2) is 8.89. The van der Waals surface area contributed by atoms with Crippen molar-refractivity contribution in [3.05, 3.63) is 81.3 Å². The highest BCUT2D eigenvalue weighted by Gasteiger charge is 2.27. The second-order valence-electron chi connectivity index (χ2n) is 7.84. The molecule has 31 heavy (non-hydrogen) atoms. The number of aryl methyl sites for hydroxylation is 1. The topological polar surface area (TPSA) is 88.5 Å². The Labute approximate surface area is 184 Å². The number of benzene rings is 2. The number of ether oxygens (including phenoxy) is 1. The molecule has 2 N–H and O–H groups in total. The summed E-state index contributed by atoms with van der Waals surface area (Å²) >= 11 is 1.31. The molecule has 4 rings (SSSR count). The Balaban J connectivity index is 1.57. The number of aromatic nitrogens is 1. The predicted octanol–water partition coefficient (Wildman–Crippen LogP) is 4.97. The number of thiazole rings is 1. The number of amides is 1. The molecule has 1 fully saturated rings. The van der Waals surface area contributed by atoms with Crippen molar-refractivity contribution in [3.8, 4) is 5.75 Å². The molecule has 1 heterocycles. The van der Waals surface area contributed by atoms with Gasteiger partial charge in [0.2, 0.25) is 0 Å². The minimum atomic E-state index is -0.987. The van der Waals surface area contributed by atoms with Gasteiger partial charge in [0.25, 0.3) is 5.91 Å². The zero-order valence-electron chi connectivity index (χ0n) is 17.4. The maximum Gasteiger partial charge on any atom is 0.335 e. The highest BCUT2D eigenvalue weighted by molar-refractivity contribution is 7.11. The molecule has 1 aliphatic rings. The monoisotopic (exact) mass is 436 g/mol. The van der Waals surface area contributed by atoms with E-state index in [1.54, 1.807) is 17.6 Å². The Morgan fingerprint density at radius 1 is 1.13 bits per heavy atom. The number of carbonyl (C=O) groups is 2. The van der Waals surface area contributed by atoms with Crippen LogP contribution in [0.1, 0.15) is 68.6 Å². The van der Waals surface area contributed by atoms with Gasteiger partial charge in [0.15, 0.2) is 0 Å². The molecule has 0 aliphatic heterocycles. The minimum Gasteiger partial charge on any atom is -0.484 e. The molecule has 0 bridgehead atoms. The van der Waals surface area contributed by atoms with Crippen molar-refractivity contribution < 1.29 is 19.4 Å². The van der Waals surface area contributed by atoms with Crippen molar-refractivity contribution in [1.29, 1.82) is 0 Å². The lowest BCUT2D eigenvalue weighted by molar-refractivity contribution is 0.0696. The van der Waals surface area contributed by atoms with Crippen molar-refractivity contribution in [2.24, 2.45) is 0 Å². The van der Waals surface area contributed by atoms with Crippen LogP contribution in [0, 0.1) is 6.92 Å². The fraction of sp³-hybridized carbons (Fsp3) is 0.292. The molecule has 0 unspecified atom stereocenters. The molecule has 1 amide bonds. The number of hydrogen-bond acceptors (Lipinski definition) is 5. The van der Waals surface area contributed by atoms with Gasteiger partial charge < -0.3 is 15.2 Å². The Bertz CT molecular complexity index is 1070. The Morgan fingerprint density at radius 2 is 1.81 bits per heavy atom. The van der Waals surface area contributed by atoms with E-state index in [2.05, 4.69) is 22.4 Å². The van der Waals surface area contributed by atoms with Gasteiger partial charge >= 0.3 is 5.97 Å². The molecule has 2 aromatic carbocycles. The average molecular weight is 437 g/mol. The molecule has 1 aliphatic carbocycles. The first-order chi connectivity index (χ1) is 14.9. The highest BCUT2D eigenvalue weighted by Crippen LogP contribution is 2.40. The molecule has 7 heteroatoms. The number of nitrogens with zero attached hydrogens (tertiary/aromatic N) is 1. The summed E-state index contributed by atoms with van der Waals surface area (Å²) in [7, 11) is 0. The molecular weight excluding hydrogens is 412 g/mol. The van der Waals surface area contributed by atoms with E-state index in [1.165, 1.54) is 41.9 Å². The van der Waals surface area contributed by atoms with Crippen LogP contribution < -0.4 is 10.1 Å². The van der Waals surface area contributed by atoms with E-state index in [-0.39, 0.29) is 17.5 Å². The van der Waals surface area contributed by atoms with E-state index in [1.807, 2.05) is 26.0 Å². The van der Waals surface area contributed by atoms with E-state index < -0.39 is 12.1 Å². The van der Waals surface area contributed by atoms with Crippen LogP contribution >= 0.6 is 11.3 Å². The maximum atomic E-state index is 12.7. The molecule has 1 aromatic heterocycles. The Hall–Kier alpha value is -3.19. The molecule has 2 atom stereocenters. The lowest BCUT2D eigenvalue weighted by Gasteiger charge is -2.27. The van der Waals surface area contributed by atoms with Crippen molar-refractivity contribution in [2.45, 2.75) is 44.8 Å². The van der Waals surface area contributed by atoms with Crippen LogP contribution in [-0.4, -0.2) is 28.0 Å². The van der Waals surface area contributed by atoms with Crippen LogP contribution in [0.4, 0.5) is 0 Å². The first-order valence-corrected chi connectivity index (χ1v) is 11.1. The third-order valence-corrected chi connectivity index (χ3v) is 6.37. The number of hydrogen-bond donors (Lipinski definition) is 2. The fourth-order valence-electron chi connectivity index (χ4n) is 3.52. The summed E-state index contributed by atoms with van der Waals surface area (Å²) in [6, 6.07) is 14.3. The highest BCUT2D eigenvalue weighted by atomic mass is 32.1. The van der Waals surface area contributed by atoms with Crippen LogP contribution in [0.5, 0.6) is 5.75 Å². The van der Waals surface area contributed by atoms with Gasteiger partial charge in [0.05, 0.1) is 22.8 Å². The van der Waals surface area contributed by atoms with E-state index >= 15 is 0 Å². The molecule has 6 nitrogen and oxygen atoms in total. The third-order valence-electron chi connectivity index (χ3n) is 5.44. The summed E-state index contributed by atoms with van der Waals surface area (Å²) in [5, 5.41) is 12.2. The molecule has 0 radical (unpaired) electrons. The van der Waals surface area contributed by atoms with Gasteiger partial charge in [-0.15, -0.1) is 11.3 Å². The van der Waals surface area contributed by atoms with Gasteiger partial charge in [-0.1, -0.05) is 24.3 Å². The number of carbonyl (C=O) groups excluding carboxylic acids is 1. The van der Waals surface area contributed by atoms with Crippen LogP contribution in [0.15, 0.2) is 54.0 Å². The second-order valence-corrected chi connectivity index (χ2v) is 8.69. The van der Waals surface area contributed by atoms with Gasteiger partial charge in [-0.3, -0.25) is 4.79 Å². The summed E-state index contributed by atoms with van der Waals surface area (Å²) < 4.78 is 6.24. The number of nitrogens with one attached hydrogen (secondary N) is 1. The van der Waals surface area contributed by atoms with Crippen molar-refractivity contribution in [1.82, 2.24) is 10.3 Å². The largest absolute Gasteiger partial charge is 0.484 e. The van der Waals surface area contributed by atoms with E-state index in [4.69, 9.17) is 9.84 Å². The van der Waals surface area contributed by atoms with E-state index in [0.717, 1.165) is 5.56 Å².